The number of benzene rings is 1. The number of alkyl halides is 3. The number of hydrogen-bond acceptors (Lipinski definition) is 2. The molecule has 0 aliphatic carbocycles. The van der Waals surface area contributed by atoms with Crippen LogP contribution in [0.1, 0.15) is 6.92 Å². The van der Waals surface area contributed by atoms with E-state index in [1.165, 1.54) is 18.2 Å². The first-order valence-electron chi connectivity index (χ1n) is 4.50. The molecular weight excluding hydrogens is 243 g/mol. The van der Waals surface area contributed by atoms with Gasteiger partial charge < -0.3 is 10.4 Å². The normalized spacial score (nSPS) is 15.6. The second kappa shape index (κ2) is 4.51. The Balaban J connectivity index is 2.94. The number of halogens is 4. The van der Waals surface area contributed by atoms with Gasteiger partial charge in [-0.1, -0.05) is 17.7 Å². The van der Waals surface area contributed by atoms with Gasteiger partial charge in [0.05, 0.1) is 6.61 Å². The SMILES string of the molecule is CC(CO)(Nc1cccc(Cl)c1)C(F)(F)F. The van der Waals surface area contributed by atoms with Crippen LogP contribution in [0, 0.1) is 0 Å². The molecule has 0 amide bonds. The molecule has 0 aliphatic rings. The van der Waals surface area contributed by atoms with Crippen LogP contribution >= 0.6 is 11.6 Å². The zero-order valence-corrected chi connectivity index (χ0v) is 9.23. The smallest absolute Gasteiger partial charge is 0.394 e. The van der Waals surface area contributed by atoms with Crippen molar-refractivity contribution in [1.29, 1.82) is 0 Å². The molecule has 16 heavy (non-hydrogen) atoms. The van der Waals surface area contributed by atoms with E-state index in [2.05, 4.69) is 5.32 Å². The van der Waals surface area contributed by atoms with Crippen molar-refractivity contribution in [2.24, 2.45) is 0 Å². The van der Waals surface area contributed by atoms with Gasteiger partial charge in [0.15, 0.2) is 5.54 Å². The maximum Gasteiger partial charge on any atom is 0.413 e. The topological polar surface area (TPSA) is 32.3 Å². The highest BCUT2D eigenvalue weighted by molar-refractivity contribution is 6.30. The molecule has 1 aromatic rings. The number of aliphatic hydroxyl groups excluding tert-OH is 1. The van der Waals surface area contributed by atoms with Gasteiger partial charge in [-0.15, -0.1) is 0 Å². The molecule has 0 heterocycles. The van der Waals surface area contributed by atoms with Gasteiger partial charge in [-0.2, -0.15) is 13.2 Å². The summed E-state index contributed by atoms with van der Waals surface area (Å²) in [5.41, 5.74) is -2.17. The van der Waals surface area contributed by atoms with Gasteiger partial charge in [-0.05, 0) is 25.1 Å². The summed E-state index contributed by atoms with van der Waals surface area (Å²) in [6, 6.07) is 5.89. The van der Waals surface area contributed by atoms with Crippen molar-refractivity contribution < 1.29 is 18.3 Å². The van der Waals surface area contributed by atoms with E-state index in [1.807, 2.05) is 0 Å². The van der Waals surface area contributed by atoms with E-state index >= 15 is 0 Å². The largest absolute Gasteiger partial charge is 0.413 e. The predicted octanol–water partition coefficient (Wildman–Crippen LogP) is 3.07. The Kier molecular flexibility index (Phi) is 3.70. The summed E-state index contributed by atoms with van der Waals surface area (Å²) in [5.74, 6) is 0. The molecule has 90 valence electrons. The zero-order chi connectivity index (χ0) is 12.4. The van der Waals surface area contributed by atoms with Crippen LogP contribution in [0.4, 0.5) is 18.9 Å². The van der Waals surface area contributed by atoms with Crippen molar-refractivity contribution >= 4 is 17.3 Å². The Labute approximate surface area is 96.0 Å². The first-order valence-corrected chi connectivity index (χ1v) is 4.88. The molecular formula is C10H11ClF3NO. The van der Waals surface area contributed by atoms with E-state index in [-0.39, 0.29) is 5.69 Å². The third-order valence-electron chi connectivity index (χ3n) is 2.19. The van der Waals surface area contributed by atoms with Crippen LogP contribution in [-0.4, -0.2) is 23.4 Å². The molecule has 6 heteroatoms. The molecule has 0 spiro atoms. The Bertz CT molecular complexity index is 369. The van der Waals surface area contributed by atoms with Crippen molar-refractivity contribution in [3.63, 3.8) is 0 Å². The van der Waals surface area contributed by atoms with Crippen LogP contribution in [-0.2, 0) is 0 Å². The molecule has 1 rings (SSSR count). The number of aliphatic hydroxyl groups is 1. The first kappa shape index (κ1) is 13.1. The quantitative estimate of drug-likeness (QED) is 0.868. The lowest BCUT2D eigenvalue weighted by atomic mass is 10.0. The highest BCUT2D eigenvalue weighted by Gasteiger charge is 2.50. The standard InChI is InChI=1S/C10H11ClF3NO/c1-9(6-16,10(12,13)14)15-8-4-2-3-7(11)5-8/h2-5,15-16H,6H2,1H3. The molecule has 0 radical (unpaired) electrons. The summed E-state index contributed by atoms with van der Waals surface area (Å²) >= 11 is 5.65. The van der Waals surface area contributed by atoms with Crippen molar-refractivity contribution in [3.8, 4) is 0 Å². The molecule has 2 nitrogen and oxygen atoms in total. The van der Waals surface area contributed by atoms with Crippen LogP contribution in [0.3, 0.4) is 0 Å². The maximum atomic E-state index is 12.6. The molecule has 1 atom stereocenters. The number of nitrogens with one attached hydrogen (secondary N) is 1. The van der Waals surface area contributed by atoms with E-state index in [4.69, 9.17) is 16.7 Å². The third-order valence-corrected chi connectivity index (χ3v) is 2.42. The van der Waals surface area contributed by atoms with E-state index in [0.29, 0.717) is 5.02 Å². The molecule has 2 N–H and O–H groups in total. The van der Waals surface area contributed by atoms with Crippen LogP contribution in [0.5, 0.6) is 0 Å². The summed E-state index contributed by atoms with van der Waals surface area (Å²) in [4.78, 5) is 0. The first-order chi connectivity index (χ1) is 7.28. The minimum Gasteiger partial charge on any atom is -0.394 e. The van der Waals surface area contributed by atoms with E-state index in [0.717, 1.165) is 6.92 Å². The molecule has 0 aromatic heterocycles. The fraction of sp³-hybridized carbons (Fsp3) is 0.400. The minimum atomic E-state index is -4.55. The number of hydrogen-bond donors (Lipinski definition) is 2. The average molecular weight is 254 g/mol. The van der Waals surface area contributed by atoms with Gasteiger partial charge in [0.2, 0.25) is 0 Å². The highest BCUT2D eigenvalue weighted by atomic mass is 35.5. The van der Waals surface area contributed by atoms with Gasteiger partial charge in [0.1, 0.15) is 0 Å². The van der Waals surface area contributed by atoms with Crippen LogP contribution in [0.2, 0.25) is 5.02 Å². The second-order valence-corrected chi connectivity index (χ2v) is 4.06. The summed E-state index contributed by atoms with van der Waals surface area (Å²) < 4.78 is 37.9. The lowest BCUT2D eigenvalue weighted by Crippen LogP contribution is -2.52. The molecule has 0 saturated heterocycles. The fourth-order valence-corrected chi connectivity index (χ4v) is 1.28. The summed E-state index contributed by atoms with van der Waals surface area (Å²) in [6.45, 7) is -0.170. The number of anilines is 1. The Morgan fingerprint density at radius 3 is 2.44 bits per heavy atom. The molecule has 1 unspecified atom stereocenters. The molecule has 0 fully saturated rings. The summed E-state index contributed by atoms with van der Waals surface area (Å²) in [5, 5.41) is 11.4. The Morgan fingerprint density at radius 1 is 1.38 bits per heavy atom. The number of rotatable bonds is 3. The van der Waals surface area contributed by atoms with Gasteiger partial charge in [0, 0.05) is 10.7 Å². The molecule has 1 aromatic carbocycles. The van der Waals surface area contributed by atoms with Crippen LogP contribution < -0.4 is 5.32 Å². The van der Waals surface area contributed by atoms with E-state index < -0.39 is 18.3 Å². The van der Waals surface area contributed by atoms with Gasteiger partial charge in [0.25, 0.3) is 0 Å². The minimum absolute atomic E-state index is 0.210. The monoisotopic (exact) mass is 253 g/mol. The average Bonchev–Trinajstić information content (AvgIpc) is 2.15. The van der Waals surface area contributed by atoms with Crippen LogP contribution in [0.15, 0.2) is 24.3 Å². The third kappa shape index (κ3) is 2.80. The second-order valence-electron chi connectivity index (χ2n) is 3.62. The molecule has 0 bridgehead atoms. The summed E-state index contributed by atoms with van der Waals surface area (Å²) in [6.07, 6.45) is -4.55. The van der Waals surface area contributed by atoms with E-state index in [1.54, 1.807) is 6.07 Å². The Hall–Kier alpha value is -0.940. The van der Waals surface area contributed by atoms with Crippen molar-refractivity contribution in [3.05, 3.63) is 29.3 Å². The zero-order valence-electron chi connectivity index (χ0n) is 8.48. The van der Waals surface area contributed by atoms with Gasteiger partial charge in [-0.25, -0.2) is 0 Å². The van der Waals surface area contributed by atoms with Crippen LogP contribution in [0.25, 0.3) is 0 Å². The van der Waals surface area contributed by atoms with Gasteiger partial charge >= 0.3 is 6.18 Å². The lowest BCUT2D eigenvalue weighted by molar-refractivity contribution is -0.182. The molecule has 0 saturated carbocycles. The maximum absolute atomic E-state index is 12.6. The molecule has 0 aliphatic heterocycles. The van der Waals surface area contributed by atoms with Crippen molar-refractivity contribution in [2.45, 2.75) is 18.6 Å². The van der Waals surface area contributed by atoms with E-state index in [9.17, 15) is 13.2 Å². The highest BCUT2D eigenvalue weighted by Crippen LogP contribution is 2.33. The lowest BCUT2D eigenvalue weighted by Gasteiger charge is -2.32. The Morgan fingerprint density at radius 2 is 2.00 bits per heavy atom. The summed E-state index contributed by atoms with van der Waals surface area (Å²) in [7, 11) is 0. The predicted molar refractivity (Wildman–Crippen MR) is 56.6 cm³/mol. The fourth-order valence-electron chi connectivity index (χ4n) is 1.08. The van der Waals surface area contributed by atoms with Crippen molar-refractivity contribution in [1.82, 2.24) is 0 Å². The van der Waals surface area contributed by atoms with Gasteiger partial charge in [-0.3, -0.25) is 0 Å². The van der Waals surface area contributed by atoms with Crippen molar-refractivity contribution in [2.75, 3.05) is 11.9 Å².